The minimum absolute atomic E-state index is 0.266. The molecule has 1 unspecified atom stereocenters. The Labute approximate surface area is 101 Å². The third-order valence-corrected chi connectivity index (χ3v) is 2.71. The highest BCUT2D eigenvalue weighted by atomic mass is 16.5. The highest BCUT2D eigenvalue weighted by molar-refractivity contribution is 5.73. The van der Waals surface area contributed by atoms with E-state index >= 15 is 0 Å². The molecule has 0 bridgehead atoms. The third kappa shape index (κ3) is 3.20. The van der Waals surface area contributed by atoms with Crippen LogP contribution in [0.25, 0.3) is 0 Å². The molecule has 1 rings (SSSR count). The number of carboxylic acids is 1. The van der Waals surface area contributed by atoms with Gasteiger partial charge < -0.3 is 15.6 Å². The molecule has 1 aromatic rings. The van der Waals surface area contributed by atoms with Crippen LogP contribution in [0.4, 0.5) is 0 Å². The minimum atomic E-state index is -0.984. The second-order valence-electron chi connectivity index (χ2n) is 4.34. The van der Waals surface area contributed by atoms with Crippen LogP contribution >= 0.6 is 0 Å². The molecule has 0 spiro atoms. The van der Waals surface area contributed by atoms with Gasteiger partial charge in [-0.05, 0) is 29.5 Å². The molecule has 0 amide bonds. The summed E-state index contributed by atoms with van der Waals surface area (Å²) in [7, 11) is 1.61. The maximum absolute atomic E-state index is 10.8. The Kier molecular flexibility index (Phi) is 4.52. The van der Waals surface area contributed by atoms with E-state index in [2.05, 4.69) is 0 Å². The van der Waals surface area contributed by atoms with Gasteiger partial charge in [-0.15, -0.1) is 0 Å². The van der Waals surface area contributed by atoms with Crippen LogP contribution in [0.15, 0.2) is 18.2 Å². The van der Waals surface area contributed by atoms with Gasteiger partial charge in [0, 0.05) is 0 Å². The summed E-state index contributed by atoms with van der Waals surface area (Å²) in [5, 5.41) is 8.84. The third-order valence-electron chi connectivity index (χ3n) is 2.71. The maximum atomic E-state index is 10.8. The molecule has 4 heteroatoms. The van der Waals surface area contributed by atoms with Gasteiger partial charge in [0.1, 0.15) is 11.8 Å². The Morgan fingerprint density at radius 3 is 2.59 bits per heavy atom. The van der Waals surface area contributed by atoms with Gasteiger partial charge in [-0.2, -0.15) is 0 Å². The van der Waals surface area contributed by atoms with Crippen molar-refractivity contribution in [2.24, 2.45) is 5.73 Å². The van der Waals surface area contributed by atoms with Gasteiger partial charge in [0.25, 0.3) is 0 Å². The van der Waals surface area contributed by atoms with Crippen molar-refractivity contribution >= 4 is 5.97 Å². The number of nitrogens with two attached hydrogens (primary N) is 1. The van der Waals surface area contributed by atoms with Crippen molar-refractivity contribution in [3.63, 3.8) is 0 Å². The van der Waals surface area contributed by atoms with Gasteiger partial charge in [-0.3, -0.25) is 4.79 Å². The molecule has 0 heterocycles. The van der Waals surface area contributed by atoms with Gasteiger partial charge >= 0.3 is 5.97 Å². The Morgan fingerprint density at radius 2 is 2.12 bits per heavy atom. The number of aliphatic carboxylic acids is 1. The van der Waals surface area contributed by atoms with Crippen molar-refractivity contribution in [2.45, 2.75) is 32.2 Å². The van der Waals surface area contributed by atoms with Crippen LogP contribution in [-0.4, -0.2) is 24.2 Å². The summed E-state index contributed by atoms with van der Waals surface area (Å²) < 4.78 is 5.30. The molecule has 0 saturated heterocycles. The van der Waals surface area contributed by atoms with E-state index < -0.39 is 12.0 Å². The van der Waals surface area contributed by atoms with Gasteiger partial charge in [0.2, 0.25) is 0 Å². The SMILES string of the molecule is COc1cccc(CC(N)C(=O)O)c1C(C)C. The zero-order valence-corrected chi connectivity index (χ0v) is 10.4. The number of hydrogen-bond donors (Lipinski definition) is 2. The van der Waals surface area contributed by atoms with Gasteiger partial charge in [0.05, 0.1) is 7.11 Å². The lowest BCUT2D eigenvalue weighted by molar-refractivity contribution is -0.138. The molecule has 3 N–H and O–H groups in total. The molecule has 0 aliphatic rings. The van der Waals surface area contributed by atoms with E-state index in [1.807, 2.05) is 32.0 Å². The van der Waals surface area contributed by atoms with Gasteiger partial charge in [0.15, 0.2) is 0 Å². The topological polar surface area (TPSA) is 72.5 Å². The summed E-state index contributed by atoms with van der Waals surface area (Å²) in [6.45, 7) is 4.10. The first kappa shape index (κ1) is 13.5. The van der Waals surface area contributed by atoms with Gasteiger partial charge in [-0.25, -0.2) is 0 Å². The van der Waals surface area contributed by atoms with Crippen molar-refractivity contribution < 1.29 is 14.6 Å². The maximum Gasteiger partial charge on any atom is 0.320 e. The molecule has 0 aliphatic carbocycles. The van der Waals surface area contributed by atoms with Crippen molar-refractivity contribution in [3.05, 3.63) is 29.3 Å². The zero-order valence-electron chi connectivity index (χ0n) is 10.4. The predicted octanol–water partition coefficient (Wildman–Crippen LogP) is 1.77. The van der Waals surface area contributed by atoms with E-state index in [1.54, 1.807) is 7.11 Å². The second-order valence-corrected chi connectivity index (χ2v) is 4.34. The predicted molar refractivity (Wildman–Crippen MR) is 66.4 cm³/mol. The molecular formula is C13H19NO3. The van der Waals surface area contributed by atoms with Crippen molar-refractivity contribution in [2.75, 3.05) is 7.11 Å². The van der Waals surface area contributed by atoms with E-state index in [9.17, 15) is 4.79 Å². The molecule has 17 heavy (non-hydrogen) atoms. The fraction of sp³-hybridized carbons (Fsp3) is 0.462. The fourth-order valence-electron chi connectivity index (χ4n) is 1.93. The highest BCUT2D eigenvalue weighted by Crippen LogP contribution is 2.30. The quantitative estimate of drug-likeness (QED) is 0.818. The first-order valence-corrected chi connectivity index (χ1v) is 5.61. The standard InChI is InChI=1S/C13H19NO3/c1-8(2)12-9(7-10(14)13(15)16)5-4-6-11(12)17-3/h4-6,8,10H,7,14H2,1-3H3,(H,15,16). The van der Waals surface area contributed by atoms with Crippen molar-refractivity contribution in [1.29, 1.82) is 0 Å². The largest absolute Gasteiger partial charge is 0.496 e. The molecule has 94 valence electrons. The van der Waals surface area contributed by atoms with E-state index in [0.29, 0.717) is 6.42 Å². The number of hydrogen-bond acceptors (Lipinski definition) is 3. The van der Waals surface area contributed by atoms with Crippen LogP contribution in [-0.2, 0) is 11.2 Å². The number of ether oxygens (including phenoxy) is 1. The molecule has 0 fully saturated rings. The molecule has 0 saturated carbocycles. The summed E-state index contributed by atoms with van der Waals surface area (Å²) >= 11 is 0. The summed E-state index contributed by atoms with van der Waals surface area (Å²) in [4.78, 5) is 10.8. The van der Waals surface area contributed by atoms with Crippen LogP contribution in [0.3, 0.4) is 0 Å². The highest BCUT2D eigenvalue weighted by Gasteiger charge is 2.18. The number of carbonyl (C=O) groups is 1. The summed E-state index contributed by atoms with van der Waals surface area (Å²) in [6, 6.07) is 4.76. The van der Waals surface area contributed by atoms with Crippen molar-refractivity contribution in [3.8, 4) is 5.75 Å². The number of methoxy groups -OCH3 is 1. The van der Waals surface area contributed by atoms with Crippen molar-refractivity contribution in [1.82, 2.24) is 0 Å². The monoisotopic (exact) mass is 237 g/mol. The first-order chi connectivity index (χ1) is 7.97. The minimum Gasteiger partial charge on any atom is -0.496 e. The van der Waals surface area contributed by atoms with E-state index in [1.165, 1.54) is 0 Å². The lowest BCUT2D eigenvalue weighted by atomic mass is 9.92. The molecule has 0 radical (unpaired) electrons. The Hall–Kier alpha value is -1.55. The number of carboxylic acid groups (broad SMARTS) is 1. The van der Waals surface area contributed by atoms with E-state index in [-0.39, 0.29) is 5.92 Å². The Bertz CT molecular complexity index is 402. The summed E-state index contributed by atoms with van der Waals surface area (Å²) in [5.41, 5.74) is 7.54. The second kappa shape index (κ2) is 5.68. The molecule has 0 aromatic heterocycles. The molecule has 1 aromatic carbocycles. The fourth-order valence-corrected chi connectivity index (χ4v) is 1.93. The lowest BCUT2D eigenvalue weighted by Crippen LogP contribution is -2.32. The summed E-state index contributed by atoms with van der Waals surface area (Å²) in [5.74, 6) is 0.0692. The average molecular weight is 237 g/mol. The Morgan fingerprint density at radius 1 is 1.47 bits per heavy atom. The van der Waals surface area contributed by atoms with E-state index in [4.69, 9.17) is 15.6 Å². The molecule has 4 nitrogen and oxygen atoms in total. The summed E-state index contributed by atoms with van der Waals surface area (Å²) in [6.07, 6.45) is 0.319. The zero-order chi connectivity index (χ0) is 13.0. The molecular weight excluding hydrogens is 218 g/mol. The lowest BCUT2D eigenvalue weighted by Gasteiger charge is -2.18. The Balaban J connectivity index is 3.10. The smallest absolute Gasteiger partial charge is 0.320 e. The van der Waals surface area contributed by atoms with Crippen LogP contribution in [0.2, 0.25) is 0 Å². The van der Waals surface area contributed by atoms with Crippen LogP contribution < -0.4 is 10.5 Å². The van der Waals surface area contributed by atoms with Crippen LogP contribution in [0.5, 0.6) is 5.75 Å². The number of rotatable bonds is 5. The van der Waals surface area contributed by atoms with Crippen LogP contribution in [0, 0.1) is 0 Å². The normalized spacial score (nSPS) is 12.5. The average Bonchev–Trinajstić information content (AvgIpc) is 2.27. The van der Waals surface area contributed by atoms with E-state index in [0.717, 1.165) is 16.9 Å². The van der Waals surface area contributed by atoms with Gasteiger partial charge in [-0.1, -0.05) is 26.0 Å². The first-order valence-electron chi connectivity index (χ1n) is 5.61. The molecule has 1 atom stereocenters. The van der Waals surface area contributed by atoms with Crippen LogP contribution in [0.1, 0.15) is 30.9 Å². The molecule has 0 aliphatic heterocycles. The number of benzene rings is 1.